The van der Waals surface area contributed by atoms with Crippen molar-refractivity contribution in [3.63, 3.8) is 0 Å². The molecule has 1 aliphatic carbocycles. The highest BCUT2D eigenvalue weighted by atomic mass is 15.3. The van der Waals surface area contributed by atoms with Crippen LogP contribution in [0.25, 0.3) is 0 Å². The van der Waals surface area contributed by atoms with Crippen LogP contribution in [0.4, 0.5) is 11.4 Å². The fraction of sp³-hybridized carbons (Fsp3) is 0.333. The molecule has 2 heteroatoms. The van der Waals surface area contributed by atoms with Crippen LogP contribution < -0.4 is 10.2 Å². The van der Waals surface area contributed by atoms with Crippen molar-refractivity contribution in [2.75, 3.05) is 17.3 Å². The van der Waals surface area contributed by atoms with Gasteiger partial charge in [-0.1, -0.05) is 37.3 Å². The van der Waals surface area contributed by atoms with Crippen LogP contribution in [-0.4, -0.2) is 13.2 Å². The van der Waals surface area contributed by atoms with Gasteiger partial charge in [0.25, 0.3) is 0 Å². The summed E-state index contributed by atoms with van der Waals surface area (Å²) in [6.07, 6.45) is 8.34. The second kappa shape index (κ2) is 3.95. The van der Waals surface area contributed by atoms with E-state index in [2.05, 4.69) is 66.7 Å². The van der Waals surface area contributed by atoms with E-state index in [9.17, 15) is 0 Å². The van der Waals surface area contributed by atoms with Gasteiger partial charge in [0.05, 0.1) is 11.4 Å². The van der Waals surface area contributed by atoms with Crippen LogP contribution in [0.5, 0.6) is 0 Å². The maximum Gasteiger partial charge on any atom is 0.125 e. The summed E-state index contributed by atoms with van der Waals surface area (Å²) < 4.78 is 0. The van der Waals surface area contributed by atoms with E-state index in [-0.39, 0.29) is 6.17 Å². The van der Waals surface area contributed by atoms with Crippen molar-refractivity contribution in [2.45, 2.75) is 19.5 Å². The first-order valence-electron chi connectivity index (χ1n) is 6.22. The Morgan fingerprint density at radius 1 is 1.29 bits per heavy atom. The minimum atomic E-state index is 0.288. The zero-order chi connectivity index (χ0) is 11.8. The summed E-state index contributed by atoms with van der Waals surface area (Å²) in [7, 11) is 2.15. The molecule has 0 aromatic heterocycles. The third-order valence-electron chi connectivity index (χ3n) is 3.62. The second-order valence-corrected chi connectivity index (χ2v) is 4.95. The van der Waals surface area contributed by atoms with E-state index >= 15 is 0 Å². The van der Waals surface area contributed by atoms with Crippen LogP contribution in [-0.2, 0) is 0 Å². The number of hydrogen-bond acceptors (Lipinski definition) is 2. The van der Waals surface area contributed by atoms with E-state index in [4.69, 9.17) is 0 Å². The lowest BCUT2D eigenvalue weighted by atomic mass is 9.97. The molecule has 0 saturated heterocycles. The van der Waals surface area contributed by atoms with E-state index in [1.54, 1.807) is 0 Å². The molecule has 1 heterocycles. The lowest BCUT2D eigenvalue weighted by molar-refractivity contribution is 0.714. The van der Waals surface area contributed by atoms with Crippen LogP contribution >= 0.6 is 0 Å². The maximum atomic E-state index is 3.58. The second-order valence-electron chi connectivity index (χ2n) is 4.95. The van der Waals surface area contributed by atoms with Crippen LogP contribution in [0.2, 0.25) is 0 Å². The Balaban J connectivity index is 1.87. The molecule has 2 unspecified atom stereocenters. The summed E-state index contributed by atoms with van der Waals surface area (Å²) in [4.78, 5) is 2.31. The average Bonchev–Trinajstić information content (AvgIpc) is 2.69. The van der Waals surface area contributed by atoms with Gasteiger partial charge < -0.3 is 10.2 Å². The van der Waals surface area contributed by atoms with Crippen molar-refractivity contribution in [1.29, 1.82) is 0 Å². The molecule has 88 valence electrons. The van der Waals surface area contributed by atoms with Crippen molar-refractivity contribution in [3.8, 4) is 0 Å². The average molecular weight is 226 g/mol. The van der Waals surface area contributed by atoms with Crippen LogP contribution in [0, 0.1) is 5.92 Å². The molecule has 17 heavy (non-hydrogen) atoms. The first kappa shape index (κ1) is 10.5. The number of nitrogens with zero attached hydrogens (tertiary/aromatic N) is 1. The SMILES string of the molecule is CC1C=CC(C2Nc3ccccc3N2C)=CC1. The summed E-state index contributed by atoms with van der Waals surface area (Å²) in [5.74, 6) is 0.674. The highest BCUT2D eigenvalue weighted by Crippen LogP contribution is 2.36. The number of likely N-dealkylation sites (N-methyl/N-ethyl adjacent to an activating group) is 1. The summed E-state index contributed by atoms with van der Waals surface area (Å²) >= 11 is 0. The fourth-order valence-electron chi connectivity index (χ4n) is 2.54. The van der Waals surface area contributed by atoms with Crippen LogP contribution in [0.1, 0.15) is 13.3 Å². The Hall–Kier alpha value is -1.70. The van der Waals surface area contributed by atoms with Gasteiger partial charge in [0.15, 0.2) is 0 Å². The van der Waals surface area contributed by atoms with Gasteiger partial charge in [-0.2, -0.15) is 0 Å². The summed E-state index contributed by atoms with van der Waals surface area (Å²) in [5, 5.41) is 3.58. The van der Waals surface area contributed by atoms with Gasteiger partial charge in [0, 0.05) is 7.05 Å². The first-order valence-corrected chi connectivity index (χ1v) is 6.22. The number of nitrogens with one attached hydrogen (secondary N) is 1. The molecule has 1 aliphatic heterocycles. The zero-order valence-corrected chi connectivity index (χ0v) is 10.4. The molecule has 3 rings (SSSR count). The molecule has 0 spiro atoms. The topological polar surface area (TPSA) is 15.3 Å². The van der Waals surface area contributed by atoms with Gasteiger partial charge in [0.2, 0.25) is 0 Å². The number of para-hydroxylation sites is 2. The lowest BCUT2D eigenvalue weighted by Gasteiger charge is -2.25. The number of hydrogen-bond donors (Lipinski definition) is 1. The predicted molar refractivity (Wildman–Crippen MR) is 73.3 cm³/mol. The number of anilines is 2. The molecule has 0 radical (unpaired) electrons. The van der Waals surface area contributed by atoms with E-state index in [1.807, 2.05) is 0 Å². The van der Waals surface area contributed by atoms with Gasteiger partial charge in [-0.05, 0) is 30.0 Å². The molecular formula is C15H18N2. The van der Waals surface area contributed by atoms with Crippen molar-refractivity contribution in [3.05, 3.63) is 48.1 Å². The summed E-state index contributed by atoms with van der Waals surface area (Å²) in [6.45, 7) is 2.25. The van der Waals surface area contributed by atoms with Gasteiger partial charge >= 0.3 is 0 Å². The minimum absolute atomic E-state index is 0.288. The van der Waals surface area contributed by atoms with E-state index in [1.165, 1.54) is 16.9 Å². The zero-order valence-electron chi connectivity index (χ0n) is 10.4. The van der Waals surface area contributed by atoms with Crippen molar-refractivity contribution in [2.24, 2.45) is 5.92 Å². The molecule has 0 fully saturated rings. The summed E-state index contributed by atoms with van der Waals surface area (Å²) in [5.41, 5.74) is 3.89. The fourth-order valence-corrected chi connectivity index (χ4v) is 2.54. The highest BCUT2D eigenvalue weighted by Gasteiger charge is 2.27. The Morgan fingerprint density at radius 2 is 2.12 bits per heavy atom. The number of benzene rings is 1. The molecule has 2 atom stereocenters. The molecule has 2 aliphatic rings. The lowest BCUT2D eigenvalue weighted by Crippen LogP contribution is -2.34. The number of fused-ring (bicyclic) bond motifs is 1. The standard InChI is InChI=1S/C15H18N2/c1-11-7-9-12(10-8-11)15-16-13-5-3-4-6-14(13)17(15)2/h3-7,9-11,15-16H,8H2,1-2H3. The molecule has 1 aromatic rings. The molecule has 1 N–H and O–H groups in total. The number of rotatable bonds is 1. The van der Waals surface area contributed by atoms with Gasteiger partial charge in [-0.3, -0.25) is 0 Å². The van der Waals surface area contributed by atoms with Gasteiger partial charge in [-0.25, -0.2) is 0 Å². The minimum Gasteiger partial charge on any atom is -0.360 e. The Bertz CT molecular complexity index is 487. The maximum absolute atomic E-state index is 3.58. The van der Waals surface area contributed by atoms with Crippen molar-refractivity contribution in [1.82, 2.24) is 0 Å². The molecule has 2 nitrogen and oxygen atoms in total. The molecule has 0 saturated carbocycles. The van der Waals surface area contributed by atoms with E-state index in [0.29, 0.717) is 5.92 Å². The quantitative estimate of drug-likeness (QED) is 0.789. The molecule has 0 amide bonds. The first-order chi connectivity index (χ1) is 8.25. The number of allylic oxidation sites excluding steroid dienone is 2. The van der Waals surface area contributed by atoms with Crippen LogP contribution in [0.3, 0.4) is 0 Å². The normalized spacial score (nSPS) is 26.5. The van der Waals surface area contributed by atoms with Crippen LogP contribution in [0.15, 0.2) is 48.1 Å². The van der Waals surface area contributed by atoms with Crippen molar-refractivity contribution < 1.29 is 0 Å². The van der Waals surface area contributed by atoms with E-state index in [0.717, 1.165) is 6.42 Å². The summed E-state index contributed by atoms with van der Waals surface area (Å²) in [6, 6.07) is 8.47. The largest absolute Gasteiger partial charge is 0.360 e. The molecular weight excluding hydrogens is 208 g/mol. The Labute approximate surface area is 103 Å². The third kappa shape index (κ3) is 1.74. The third-order valence-corrected chi connectivity index (χ3v) is 3.62. The van der Waals surface area contributed by atoms with E-state index < -0.39 is 0 Å². The molecule has 0 bridgehead atoms. The van der Waals surface area contributed by atoms with Gasteiger partial charge in [-0.15, -0.1) is 0 Å². The Morgan fingerprint density at radius 3 is 2.82 bits per heavy atom. The highest BCUT2D eigenvalue weighted by molar-refractivity contribution is 5.77. The van der Waals surface area contributed by atoms with Gasteiger partial charge in [0.1, 0.15) is 6.17 Å². The predicted octanol–water partition coefficient (Wildman–Crippen LogP) is 3.40. The Kier molecular flexibility index (Phi) is 2.43. The monoisotopic (exact) mass is 226 g/mol. The molecule has 1 aromatic carbocycles. The smallest absolute Gasteiger partial charge is 0.125 e. The van der Waals surface area contributed by atoms with Crippen molar-refractivity contribution >= 4 is 11.4 Å².